The second-order valence-electron chi connectivity index (χ2n) is 11.9. The smallest absolute Gasteiger partial charge is 0.550 e. The standard InChI is InChI=1S/C19H19N5O4S.C18H17N5O4S.Na/c1-3-23(11-10-18(25)28-2)14-6-4-13(5-7-14)20-21-19-16-12-15(24(26)27)8-9-17(16)22-29-19;1-2-22(10-9-17(24)25)13-5-3-12(4-6-13)19-20-18-15-11-14(23(26)27)7-8-16(15)21-28-18;/h4-9,12H,3,10-11H2,1-2H3;3-8,11H,2,9-10H2,1H3,(H,24,25);/q;;+1/p-1. The van der Waals surface area contributed by atoms with E-state index in [1.807, 2.05) is 55.1 Å². The van der Waals surface area contributed by atoms with E-state index >= 15 is 0 Å². The summed E-state index contributed by atoms with van der Waals surface area (Å²) in [6, 6.07) is 23.6. The van der Waals surface area contributed by atoms with E-state index in [1.54, 1.807) is 24.3 Å². The zero-order valence-corrected chi connectivity index (χ0v) is 35.5. The van der Waals surface area contributed by atoms with Crippen LogP contribution in [0.25, 0.3) is 21.8 Å². The fraction of sp³-hybridized carbons (Fsp3) is 0.243. The number of carbonyl (C=O) groups is 2. The first-order valence-corrected chi connectivity index (χ1v) is 18.9. The Balaban J connectivity index is 0.000000252. The molecule has 6 aromatic rings. The summed E-state index contributed by atoms with van der Waals surface area (Å²) < 4.78 is 13.1. The second-order valence-corrected chi connectivity index (χ2v) is 13.4. The zero-order valence-electron chi connectivity index (χ0n) is 31.9. The number of nitro benzene ring substituents is 2. The maximum Gasteiger partial charge on any atom is 1.00 e. The van der Waals surface area contributed by atoms with Gasteiger partial charge in [0.2, 0.25) is 0 Å². The van der Waals surface area contributed by atoms with Gasteiger partial charge in [-0.25, -0.2) is 0 Å². The van der Waals surface area contributed by atoms with Crippen molar-refractivity contribution < 1.29 is 58.8 Å². The number of nitrogens with zero attached hydrogens (tertiary/aromatic N) is 10. The Morgan fingerprint density at radius 1 is 0.672 bits per heavy atom. The second kappa shape index (κ2) is 21.6. The van der Waals surface area contributed by atoms with Gasteiger partial charge in [0, 0.05) is 85.0 Å². The minimum atomic E-state index is -1.08. The van der Waals surface area contributed by atoms with E-state index in [1.165, 1.54) is 31.4 Å². The summed E-state index contributed by atoms with van der Waals surface area (Å²) in [4.78, 5) is 47.0. The van der Waals surface area contributed by atoms with Crippen LogP contribution in [0.5, 0.6) is 0 Å². The fourth-order valence-corrected chi connectivity index (χ4v) is 6.73. The molecule has 0 aliphatic carbocycles. The molecule has 58 heavy (non-hydrogen) atoms. The Morgan fingerprint density at radius 3 is 1.45 bits per heavy atom. The van der Waals surface area contributed by atoms with Gasteiger partial charge >= 0.3 is 35.5 Å². The quantitative estimate of drug-likeness (QED) is 0.0381. The molecule has 0 saturated carbocycles. The molecule has 0 fully saturated rings. The van der Waals surface area contributed by atoms with Crippen LogP contribution in [0.15, 0.2) is 105 Å². The minimum Gasteiger partial charge on any atom is -0.550 e. The number of rotatable bonds is 16. The van der Waals surface area contributed by atoms with Crippen LogP contribution in [-0.2, 0) is 14.3 Å². The summed E-state index contributed by atoms with van der Waals surface area (Å²) in [5.41, 5.74) is 4.34. The van der Waals surface area contributed by atoms with Crippen molar-refractivity contribution in [2.75, 3.05) is 43.1 Å². The number of benzene rings is 4. The number of nitro groups is 2. The first kappa shape index (κ1) is 44.9. The van der Waals surface area contributed by atoms with E-state index in [0.29, 0.717) is 69.2 Å². The van der Waals surface area contributed by atoms with Crippen molar-refractivity contribution in [3.8, 4) is 0 Å². The average Bonchev–Trinajstić information content (AvgIpc) is 3.83. The predicted octanol–water partition coefficient (Wildman–Crippen LogP) is 5.60. The number of ether oxygens (including phenoxy) is 1. The summed E-state index contributed by atoms with van der Waals surface area (Å²) >= 11 is 2.26. The van der Waals surface area contributed by atoms with E-state index in [2.05, 4.69) is 38.8 Å². The molecule has 21 heteroatoms. The van der Waals surface area contributed by atoms with Gasteiger partial charge in [-0.15, -0.1) is 20.5 Å². The predicted molar refractivity (Wildman–Crippen MR) is 216 cm³/mol. The van der Waals surface area contributed by atoms with Crippen LogP contribution in [0.2, 0.25) is 0 Å². The van der Waals surface area contributed by atoms with Crippen LogP contribution in [0.4, 0.5) is 44.1 Å². The molecule has 0 N–H and O–H groups in total. The van der Waals surface area contributed by atoms with Crippen LogP contribution >= 0.6 is 23.1 Å². The molecule has 0 radical (unpaired) electrons. The third kappa shape index (κ3) is 12.1. The topological polar surface area (TPSA) is 234 Å². The molecule has 6 rings (SSSR count). The molecule has 2 aromatic heterocycles. The van der Waals surface area contributed by atoms with E-state index in [9.17, 15) is 34.9 Å². The molecule has 0 atom stereocenters. The molecular weight excluding hydrogens is 800 g/mol. The first-order chi connectivity index (χ1) is 27.5. The van der Waals surface area contributed by atoms with Crippen LogP contribution in [0.1, 0.15) is 26.7 Å². The van der Waals surface area contributed by atoms with Crippen LogP contribution < -0.4 is 44.5 Å². The van der Waals surface area contributed by atoms with Crippen molar-refractivity contribution in [2.24, 2.45) is 20.5 Å². The number of aromatic nitrogens is 2. The molecule has 0 spiro atoms. The molecule has 18 nitrogen and oxygen atoms in total. The number of carboxylic acid groups (broad SMARTS) is 1. The molecule has 4 aromatic carbocycles. The number of methoxy groups -OCH3 is 1. The SMILES string of the molecule is CCN(CCC(=O)OC)c1ccc(N=Nc2snc3ccc([N+](=O)[O-])cc23)cc1.CCN(CCC(=O)[O-])c1ccc(N=Nc2snc3ccc([N+](=O)[O-])cc23)cc1.[Na+]. The van der Waals surface area contributed by atoms with Gasteiger partial charge in [-0.2, -0.15) is 8.75 Å². The third-order valence-corrected chi connectivity index (χ3v) is 9.93. The number of azo groups is 2. The number of anilines is 2. The summed E-state index contributed by atoms with van der Waals surface area (Å²) in [5.74, 6) is -1.33. The van der Waals surface area contributed by atoms with Gasteiger partial charge in [-0.3, -0.25) is 25.0 Å². The van der Waals surface area contributed by atoms with Crippen LogP contribution in [0.3, 0.4) is 0 Å². The van der Waals surface area contributed by atoms with Gasteiger partial charge in [0.05, 0.1) is 45.8 Å². The summed E-state index contributed by atoms with van der Waals surface area (Å²) in [6.07, 6.45) is 0.274. The van der Waals surface area contributed by atoms with Gasteiger partial charge < -0.3 is 24.4 Å². The Labute approximate surface area is 361 Å². The molecular formula is C37H35N10NaO8S2. The number of esters is 1. The maximum atomic E-state index is 11.3. The normalized spacial score (nSPS) is 10.9. The molecule has 0 amide bonds. The fourth-order valence-electron chi connectivity index (χ4n) is 5.37. The minimum absolute atomic E-state index is 0. The van der Waals surface area contributed by atoms with Crippen LogP contribution in [-0.4, -0.2) is 63.8 Å². The summed E-state index contributed by atoms with van der Waals surface area (Å²) in [6.45, 7) is 6.31. The van der Waals surface area contributed by atoms with Crippen molar-refractivity contribution in [1.29, 1.82) is 0 Å². The Morgan fingerprint density at radius 2 is 1.09 bits per heavy atom. The van der Waals surface area contributed by atoms with Crippen molar-refractivity contribution >= 4 is 101 Å². The number of non-ortho nitro benzene ring substituents is 2. The summed E-state index contributed by atoms with van der Waals surface area (Å²) in [5, 5.41) is 51.5. The Hall–Kier alpha value is -5.80. The number of fused-ring (bicyclic) bond motifs is 2. The van der Waals surface area contributed by atoms with E-state index < -0.39 is 15.8 Å². The van der Waals surface area contributed by atoms with E-state index in [4.69, 9.17) is 0 Å². The molecule has 0 saturated heterocycles. The van der Waals surface area contributed by atoms with Crippen molar-refractivity contribution in [2.45, 2.75) is 26.7 Å². The molecule has 294 valence electrons. The zero-order chi connectivity index (χ0) is 40.9. The number of hydrogen-bond donors (Lipinski definition) is 0. The van der Waals surface area contributed by atoms with Gasteiger partial charge in [-0.1, -0.05) is 0 Å². The van der Waals surface area contributed by atoms with Crippen molar-refractivity contribution in [3.05, 3.63) is 105 Å². The van der Waals surface area contributed by atoms with Gasteiger partial charge in [0.15, 0.2) is 10.0 Å². The molecule has 0 aliphatic rings. The third-order valence-electron chi connectivity index (χ3n) is 8.41. The average molecular weight is 835 g/mol. The molecule has 2 heterocycles. The first-order valence-electron chi connectivity index (χ1n) is 17.4. The van der Waals surface area contributed by atoms with Crippen molar-refractivity contribution in [1.82, 2.24) is 8.75 Å². The number of hydrogen-bond acceptors (Lipinski definition) is 18. The van der Waals surface area contributed by atoms with E-state index in [-0.39, 0.29) is 53.3 Å². The summed E-state index contributed by atoms with van der Waals surface area (Å²) in [7, 11) is 1.38. The van der Waals surface area contributed by atoms with Gasteiger partial charge in [0.1, 0.15) is 0 Å². The number of carbonyl (C=O) groups excluding carboxylic acids is 2. The molecule has 0 aliphatic heterocycles. The Bertz CT molecular complexity index is 2420. The van der Waals surface area contributed by atoms with Gasteiger partial charge in [0.25, 0.3) is 11.4 Å². The number of aliphatic carboxylic acids is 1. The van der Waals surface area contributed by atoms with Crippen LogP contribution in [0, 0.1) is 20.2 Å². The molecule has 0 unspecified atom stereocenters. The van der Waals surface area contributed by atoms with Crippen molar-refractivity contribution in [3.63, 3.8) is 0 Å². The maximum absolute atomic E-state index is 11.3. The number of carboxylic acids is 1. The monoisotopic (exact) mass is 834 g/mol. The largest absolute Gasteiger partial charge is 1.00 e. The Kier molecular flexibility index (Phi) is 16.8. The molecule has 0 bridgehead atoms. The van der Waals surface area contributed by atoms with E-state index in [0.717, 1.165) is 41.0 Å². The van der Waals surface area contributed by atoms with Gasteiger partial charge in [-0.05, 0) is 97.6 Å².